The maximum Gasteiger partial charge on any atom is 0.167 e. The molecule has 0 fully saturated rings. The summed E-state index contributed by atoms with van der Waals surface area (Å²) in [5.41, 5.74) is 10.1. The van der Waals surface area contributed by atoms with Crippen molar-refractivity contribution in [3.63, 3.8) is 0 Å². The van der Waals surface area contributed by atoms with Crippen LogP contribution in [0.5, 0.6) is 0 Å². The highest BCUT2D eigenvalue weighted by atomic mass is 79.9. The zero-order valence-corrected chi connectivity index (χ0v) is 28.3. The third kappa shape index (κ3) is 4.17. The first-order valence-electron chi connectivity index (χ1n) is 16.5. The number of benzene rings is 5. The van der Waals surface area contributed by atoms with E-state index < -0.39 is 9.74 Å². The molecule has 2 heterocycles. The van der Waals surface area contributed by atoms with Crippen molar-refractivity contribution < 1.29 is 4.42 Å². The van der Waals surface area contributed by atoms with Crippen molar-refractivity contribution in [2.75, 3.05) is 0 Å². The number of furan rings is 1. The summed E-state index contributed by atoms with van der Waals surface area (Å²) in [6.45, 7) is 4.44. The molecule has 5 aromatic carbocycles. The van der Waals surface area contributed by atoms with Gasteiger partial charge in [0.1, 0.15) is 16.8 Å². The number of para-hydroxylation sites is 1. The predicted octanol–water partition coefficient (Wildman–Crippen LogP) is 10.3. The molecule has 0 amide bonds. The van der Waals surface area contributed by atoms with E-state index in [1.165, 1.54) is 22.3 Å². The van der Waals surface area contributed by atoms with Crippen LogP contribution in [-0.2, 0) is 16.2 Å². The van der Waals surface area contributed by atoms with Crippen molar-refractivity contribution in [2.24, 2.45) is 0 Å². The summed E-state index contributed by atoms with van der Waals surface area (Å²) in [6, 6.07) is 44.7. The molecule has 0 saturated carbocycles. The molecule has 0 saturated heterocycles. The molecule has 4 nitrogen and oxygen atoms in total. The molecule has 0 spiro atoms. The lowest BCUT2D eigenvalue weighted by atomic mass is 9.59. The van der Waals surface area contributed by atoms with Gasteiger partial charge >= 0.3 is 0 Å². The largest absolute Gasteiger partial charge is 0.456 e. The third-order valence-corrected chi connectivity index (χ3v) is 11.0. The van der Waals surface area contributed by atoms with Gasteiger partial charge in [0, 0.05) is 16.5 Å². The van der Waals surface area contributed by atoms with Crippen LogP contribution < -0.4 is 0 Å². The second-order valence-electron chi connectivity index (χ2n) is 12.9. The van der Waals surface area contributed by atoms with Crippen LogP contribution in [0.4, 0.5) is 0 Å². The highest BCUT2D eigenvalue weighted by molar-refractivity contribution is 9.09. The summed E-state index contributed by atoms with van der Waals surface area (Å²) in [4.78, 5) is 16.2. The molecule has 2 aliphatic rings. The molecule has 5 heteroatoms. The van der Waals surface area contributed by atoms with Crippen LogP contribution in [-0.4, -0.2) is 15.0 Å². The first-order chi connectivity index (χ1) is 23.5. The van der Waals surface area contributed by atoms with Crippen molar-refractivity contribution in [3.8, 4) is 11.4 Å². The van der Waals surface area contributed by atoms with Gasteiger partial charge in [-0.15, -0.1) is 0 Å². The second-order valence-corrected chi connectivity index (χ2v) is 14.5. The molecule has 48 heavy (non-hydrogen) atoms. The van der Waals surface area contributed by atoms with E-state index in [-0.39, 0.29) is 0 Å². The Labute approximate surface area is 288 Å². The van der Waals surface area contributed by atoms with Crippen LogP contribution in [0, 0.1) is 6.92 Å². The number of aromatic nitrogens is 3. The van der Waals surface area contributed by atoms with Crippen LogP contribution in [0.3, 0.4) is 0 Å². The number of allylic oxidation sites excluding steroid dienone is 1. The maximum atomic E-state index is 6.58. The quantitative estimate of drug-likeness (QED) is 0.173. The molecular formula is C43H32BrN3O. The van der Waals surface area contributed by atoms with Crippen LogP contribution in [0.2, 0.25) is 0 Å². The van der Waals surface area contributed by atoms with Crippen molar-refractivity contribution in [3.05, 3.63) is 190 Å². The van der Waals surface area contributed by atoms with E-state index in [1.54, 1.807) is 0 Å². The van der Waals surface area contributed by atoms with Gasteiger partial charge in [-0.05, 0) is 66.1 Å². The SMILES string of the molecule is Cc1ccccc1C1(c2nc(C3=CCCc4c3oc3ccccc43)nc(-c3ccccc3)n2)c2ccccc2C(C)(Br)c2ccccc21. The van der Waals surface area contributed by atoms with Gasteiger partial charge in [0.2, 0.25) is 0 Å². The molecule has 9 rings (SSSR count). The molecule has 0 radical (unpaired) electrons. The molecule has 0 atom stereocenters. The van der Waals surface area contributed by atoms with E-state index in [9.17, 15) is 0 Å². The monoisotopic (exact) mass is 685 g/mol. The zero-order valence-electron chi connectivity index (χ0n) is 26.7. The fourth-order valence-electron chi connectivity index (χ4n) is 7.97. The Morgan fingerprint density at radius 1 is 0.625 bits per heavy atom. The Balaban J connectivity index is 1.42. The van der Waals surface area contributed by atoms with Crippen LogP contribution in [0.15, 0.2) is 138 Å². The van der Waals surface area contributed by atoms with E-state index in [0.717, 1.165) is 57.4 Å². The van der Waals surface area contributed by atoms with Crippen molar-refractivity contribution in [2.45, 2.75) is 36.4 Å². The molecular weight excluding hydrogens is 654 g/mol. The highest BCUT2D eigenvalue weighted by Crippen LogP contribution is 2.57. The summed E-state index contributed by atoms with van der Waals surface area (Å²) in [7, 11) is 0. The lowest BCUT2D eigenvalue weighted by molar-refractivity contribution is 0.587. The van der Waals surface area contributed by atoms with E-state index in [1.807, 2.05) is 30.3 Å². The summed E-state index contributed by atoms with van der Waals surface area (Å²) in [5, 5.41) is 1.15. The molecule has 2 aliphatic carbocycles. The Morgan fingerprint density at radius 3 is 1.92 bits per heavy atom. The van der Waals surface area contributed by atoms with E-state index in [2.05, 4.69) is 133 Å². The lowest BCUT2D eigenvalue weighted by Crippen LogP contribution is -2.42. The molecule has 0 unspecified atom stereocenters. The average molecular weight is 687 g/mol. The molecule has 0 N–H and O–H groups in total. The number of fused-ring (bicyclic) bond motifs is 5. The van der Waals surface area contributed by atoms with Gasteiger partial charge < -0.3 is 4.42 Å². The Bertz CT molecular complexity index is 2360. The predicted molar refractivity (Wildman–Crippen MR) is 195 cm³/mol. The standard InChI is InChI=1S/C43H32BrN3O/c1-27-15-6-8-21-32(27)43(35-24-11-9-22-33(35)42(2,44)34-23-10-12-25-36(34)43)41-46-39(28-16-4-3-5-17-28)45-40(47-41)31-20-14-19-30-29-18-7-13-26-37(29)48-38(30)31/h3-13,15-18,20-26H,14,19H2,1-2H3. The molecule has 0 aliphatic heterocycles. The number of rotatable bonds is 4. The average Bonchev–Trinajstić information content (AvgIpc) is 3.52. The number of aryl methyl sites for hydroxylation is 2. The lowest BCUT2D eigenvalue weighted by Gasteiger charge is -2.46. The Morgan fingerprint density at radius 2 is 1.21 bits per heavy atom. The smallest absolute Gasteiger partial charge is 0.167 e. The zero-order chi connectivity index (χ0) is 32.5. The second kappa shape index (κ2) is 11.0. The van der Waals surface area contributed by atoms with Crippen molar-refractivity contribution in [1.82, 2.24) is 15.0 Å². The fourth-order valence-corrected chi connectivity index (χ4v) is 8.66. The molecule has 7 aromatic rings. The van der Waals surface area contributed by atoms with Gasteiger partial charge in [-0.3, -0.25) is 0 Å². The van der Waals surface area contributed by atoms with Crippen molar-refractivity contribution in [1.29, 1.82) is 0 Å². The van der Waals surface area contributed by atoms with Crippen molar-refractivity contribution >= 4 is 32.5 Å². The topological polar surface area (TPSA) is 51.8 Å². The Kier molecular flexibility index (Phi) is 6.63. The number of hydrogen-bond acceptors (Lipinski definition) is 4. The van der Waals surface area contributed by atoms with E-state index in [0.29, 0.717) is 17.5 Å². The van der Waals surface area contributed by atoms with E-state index in [4.69, 9.17) is 19.4 Å². The normalized spacial score (nSPS) is 19.7. The number of hydrogen-bond donors (Lipinski definition) is 0. The number of nitrogens with zero attached hydrogens (tertiary/aromatic N) is 3. The third-order valence-electron chi connectivity index (χ3n) is 10.2. The van der Waals surface area contributed by atoms with Crippen LogP contribution in [0.1, 0.15) is 69.7 Å². The molecule has 232 valence electrons. The fraction of sp³-hybridized carbons (Fsp3) is 0.140. The van der Waals surface area contributed by atoms with Crippen LogP contribution >= 0.6 is 15.9 Å². The van der Waals surface area contributed by atoms with Gasteiger partial charge in [-0.1, -0.05) is 143 Å². The van der Waals surface area contributed by atoms with Gasteiger partial charge in [0.05, 0.1) is 9.90 Å². The summed E-state index contributed by atoms with van der Waals surface area (Å²) in [5.74, 6) is 2.79. The number of halogens is 1. The first kappa shape index (κ1) is 29.0. The van der Waals surface area contributed by atoms with Gasteiger partial charge in [0.15, 0.2) is 17.5 Å². The summed E-state index contributed by atoms with van der Waals surface area (Å²) >= 11 is 4.19. The van der Waals surface area contributed by atoms with E-state index >= 15 is 0 Å². The minimum absolute atomic E-state index is 0.417. The Hall–Kier alpha value is -5.13. The van der Waals surface area contributed by atoms with Crippen LogP contribution in [0.25, 0.3) is 27.9 Å². The van der Waals surface area contributed by atoms with Gasteiger partial charge in [-0.2, -0.15) is 0 Å². The number of alkyl halides is 1. The minimum atomic E-state index is -0.834. The first-order valence-corrected chi connectivity index (χ1v) is 17.3. The minimum Gasteiger partial charge on any atom is -0.456 e. The van der Waals surface area contributed by atoms with Gasteiger partial charge in [-0.25, -0.2) is 15.0 Å². The molecule has 2 aromatic heterocycles. The molecule has 0 bridgehead atoms. The van der Waals surface area contributed by atoms with Gasteiger partial charge in [0.25, 0.3) is 0 Å². The highest BCUT2D eigenvalue weighted by Gasteiger charge is 2.52. The summed E-state index contributed by atoms with van der Waals surface area (Å²) < 4.78 is 6.17. The maximum absolute atomic E-state index is 6.58. The summed E-state index contributed by atoms with van der Waals surface area (Å²) in [6.07, 6.45) is 4.03.